The molecule has 0 saturated carbocycles. The summed E-state index contributed by atoms with van der Waals surface area (Å²) in [6.07, 6.45) is 0.372. The van der Waals surface area contributed by atoms with E-state index in [-0.39, 0.29) is 15.4 Å². The average molecular weight is 217 g/mol. The fourth-order valence-corrected chi connectivity index (χ4v) is 1.60. The molecule has 0 aromatic carbocycles. The van der Waals surface area contributed by atoms with Crippen LogP contribution >= 0.6 is 11.6 Å². The smallest absolute Gasteiger partial charge is 0.532 e. The molecule has 0 amide bonds. The minimum absolute atomic E-state index is 0.203. The van der Waals surface area contributed by atoms with E-state index >= 15 is 0 Å². The maximum Gasteiger partial charge on any atom is 0.532 e. The predicted molar refractivity (Wildman–Crippen MR) is 46.3 cm³/mol. The minimum Gasteiger partial charge on any atom is -0.614 e. The van der Waals surface area contributed by atoms with Gasteiger partial charge < -0.3 is 9.94 Å². The number of rotatable bonds is 1. The zero-order valence-electron chi connectivity index (χ0n) is 6.90. The third kappa shape index (κ3) is 1.15. The van der Waals surface area contributed by atoms with Gasteiger partial charge in [0.05, 0.1) is 13.0 Å². The van der Waals surface area contributed by atoms with Crippen LogP contribution in [0.2, 0.25) is 5.02 Å². The molecular weight excluding hydrogens is 212 g/mol. The van der Waals surface area contributed by atoms with Crippen LogP contribution in [0.5, 0.6) is 5.75 Å². The SMILES string of the molecule is O=[N+]([O-])c1c(Cl)cc2c([n+]1[O-])CCO2. The maximum absolute atomic E-state index is 11.4. The lowest BCUT2D eigenvalue weighted by atomic mass is 10.3. The van der Waals surface area contributed by atoms with Crippen molar-refractivity contribution in [2.75, 3.05) is 6.61 Å². The van der Waals surface area contributed by atoms with E-state index in [2.05, 4.69) is 0 Å². The lowest BCUT2D eigenvalue weighted by Gasteiger charge is -2.02. The summed E-state index contributed by atoms with van der Waals surface area (Å²) in [6.45, 7) is 0.356. The molecule has 0 saturated heterocycles. The van der Waals surface area contributed by atoms with Crippen LogP contribution in [-0.4, -0.2) is 11.5 Å². The van der Waals surface area contributed by atoms with E-state index in [1.165, 1.54) is 6.07 Å². The van der Waals surface area contributed by atoms with Crippen molar-refractivity contribution in [2.45, 2.75) is 6.42 Å². The van der Waals surface area contributed by atoms with E-state index in [4.69, 9.17) is 16.3 Å². The Balaban J connectivity index is 2.68. The molecule has 0 bridgehead atoms. The van der Waals surface area contributed by atoms with Crippen molar-refractivity contribution in [1.29, 1.82) is 0 Å². The summed E-state index contributed by atoms with van der Waals surface area (Å²) < 4.78 is 5.29. The highest BCUT2D eigenvalue weighted by atomic mass is 35.5. The summed E-state index contributed by atoms with van der Waals surface area (Å²) >= 11 is 5.57. The zero-order valence-corrected chi connectivity index (χ0v) is 7.65. The molecule has 74 valence electrons. The van der Waals surface area contributed by atoms with Crippen molar-refractivity contribution in [1.82, 2.24) is 0 Å². The number of ether oxygens (including phenoxy) is 1. The zero-order chi connectivity index (χ0) is 10.3. The third-order valence-corrected chi connectivity index (χ3v) is 2.24. The summed E-state index contributed by atoms with van der Waals surface area (Å²) in [5.74, 6) is -0.313. The molecule has 0 unspecified atom stereocenters. The van der Waals surface area contributed by atoms with Gasteiger partial charge in [0.1, 0.15) is 4.92 Å². The van der Waals surface area contributed by atoms with Crippen LogP contribution in [0.4, 0.5) is 5.82 Å². The molecule has 0 radical (unpaired) electrons. The molecule has 0 aliphatic carbocycles. The van der Waals surface area contributed by atoms with Gasteiger partial charge in [-0.25, -0.2) is 0 Å². The molecule has 2 heterocycles. The number of nitrogens with zero attached hydrogens (tertiary/aromatic N) is 2. The Kier molecular flexibility index (Phi) is 1.92. The summed E-state index contributed by atoms with van der Waals surface area (Å²) in [5.41, 5.74) is 0.265. The fourth-order valence-electron chi connectivity index (χ4n) is 1.36. The van der Waals surface area contributed by atoms with E-state index < -0.39 is 10.7 Å². The highest BCUT2D eigenvalue weighted by Crippen LogP contribution is 2.30. The molecule has 6 nitrogen and oxygen atoms in total. The van der Waals surface area contributed by atoms with Gasteiger partial charge in [-0.15, -0.1) is 4.73 Å². The minimum atomic E-state index is -0.798. The van der Waals surface area contributed by atoms with E-state index in [0.29, 0.717) is 18.8 Å². The standard InChI is InChI=1S/C7H5ClN2O4/c8-4-3-6-5(1-2-14-6)9(11)7(4)10(12)13/h3H,1-2H2. The molecule has 2 rings (SSSR count). The van der Waals surface area contributed by atoms with Crippen LogP contribution in [0.3, 0.4) is 0 Å². The second kappa shape index (κ2) is 2.98. The molecule has 0 fully saturated rings. The van der Waals surface area contributed by atoms with Crippen LogP contribution < -0.4 is 9.47 Å². The molecule has 1 aliphatic heterocycles. The Labute approximate surface area is 83.4 Å². The number of halogens is 1. The van der Waals surface area contributed by atoms with Gasteiger partial charge in [0.25, 0.3) is 0 Å². The van der Waals surface area contributed by atoms with Gasteiger partial charge >= 0.3 is 5.82 Å². The van der Waals surface area contributed by atoms with Crippen molar-refractivity contribution >= 4 is 17.4 Å². The Hall–Kier alpha value is -1.56. The predicted octanol–water partition coefficient (Wildman–Crippen LogP) is 0.816. The summed E-state index contributed by atoms with van der Waals surface area (Å²) in [5, 5.41) is 21.7. The van der Waals surface area contributed by atoms with Crippen LogP contribution in [0, 0.1) is 15.3 Å². The van der Waals surface area contributed by atoms with Crippen LogP contribution in [0.15, 0.2) is 6.07 Å². The Morgan fingerprint density at radius 1 is 1.64 bits per heavy atom. The quantitative estimate of drug-likeness (QED) is 0.301. The van der Waals surface area contributed by atoms with Crippen molar-refractivity contribution in [3.63, 3.8) is 0 Å². The Morgan fingerprint density at radius 3 is 3.00 bits per heavy atom. The van der Waals surface area contributed by atoms with Gasteiger partial charge in [0, 0.05) is 6.07 Å². The van der Waals surface area contributed by atoms with Gasteiger partial charge in [-0.3, -0.25) is 10.1 Å². The van der Waals surface area contributed by atoms with E-state index in [0.717, 1.165) is 0 Å². The molecule has 7 heteroatoms. The first-order valence-corrected chi connectivity index (χ1v) is 4.21. The number of nitro groups is 1. The summed E-state index contributed by atoms with van der Waals surface area (Å²) in [7, 11) is 0. The summed E-state index contributed by atoms with van der Waals surface area (Å²) in [4.78, 5) is 9.70. The molecule has 0 atom stereocenters. The van der Waals surface area contributed by atoms with E-state index in [1.54, 1.807) is 0 Å². The average Bonchev–Trinajstić information content (AvgIpc) is 2.50. The van der Waals surface area contributed by atoms with Gasteiger partial charge in [-0.1, -0.05) is 11.6 Å². The maximum atomic E-state index is 11.4. The van der Waals surface area contributed by atoms with Crippen LogP contribution in [0.25, 0.3) is 0 Å². The molecule has 14 heavy (non-hydrogen) atoms. The first-order chi connectivity index (χ1) is 6.61. The normalized spacial score (nSPS) is 13.5. The van der Waals surface area contributed by atoms with Crippen molar-refractivity contribution in [3.8, 4) is 5.75 Å². The lowest BCUT2D eigenvalue weighted by molar-refractivity contribution is -0.669. The molecule has 0 N–H and O–H groups in total. The third-order valence-electron chi connectivity index (χ3n) is 1.96. The second-order valence-corrected chi connectivity index (χ2v) is 3.18. The van der Waals surface area contributed by atoms with Crippen LogP contribution in [-0.2, 0) is 6.42 Å². The van der Waals surface area contributed by atoms with Crippen molar-refractivity contribution < 1.29 is 14.4 Å². The number of hydrogen-bond donors (Lipinski definition) is 0. The largest absolute Gasteiger partial charge is 0.614 e. The molecular formula is C7H5ClN2O4. The van der Waals surface area contributed by atoms with E-state index in [9.17, 15) is 15.3 Å². The highest BCUT2D eigenvalue weighted by molar-refractivity contribution is 6.32. The first-order valence-electron chi connectivity index (χ1n) is 3.83. The Bertz CT molecular complexity index is 421. The van der Waals surface area contributed by atoms with Crippen molar-refractivity contribution in [3.05, 3.63) is 32.1 Å². The van der Waals surface area contributed by atoms with Gasteiger partial charge in [-0.05, 0) is 0 Å². The van der Waals surface area contributed by atoms with Gasteiger partial charge in [-0.2, -0.15) is 0 Å². The molecule has 1 aliphatic rings. The number of hydrogen-bond acceptors (Lipinski definition) is 4. The number of fused-ring (bicyclic) bond motifs is 1. The van der Waals surface area contributed by atoms with Crippen LogP contribution in [0.1, 0.15) is 5.69 Å². The second-order valence-electron chi connectivity index (χ2n) is 2.78. The number of aromatic nitrogens is 1. The topological polar surface area (TPSA) is 79.3 Å². The summed E-state index contributed by atoms with van der Waals surface area (Å²) in [6, 6.07) is 1.30. The van der Waals surface area contributed by atoms with Gasteiger partial charge in [0.15, 0.2) is 10.8 Å². The molecule has 0 spiro atoms. The first kappa shape index (κ1) is 9.01. The van der Waals surface area contributed by atoms with Gasteiger partial charge in [0.2, 0.25) is 5.69 Å². The van der Waals surface area contributed by atoms with E-state index in [1.807, 2.05) is 0 Å². The van der Waals surface area contributed by atoms with Crippen molar-refractivity contribution in [2.24, 2.45) is 0 Å². The molecule has 1 aromatic rings. The lowest BCUT2D eigenvalue weighted by Crippen LogP contribution is -2.34. The monoisotopic (exact) mass is 216 g/mol. The Morgan fingerprint density at radius 2 is 2.36 bits per heavy atom. The highest BCUT2D eigenvalue weighted by Gasteiger charge is 2.33. The molecule has 1 aromatic heterocycles. The fraction of sp³-hybridized carbons (Fsp3) is 0.286. The number of pyridine rings is 1.